The number of nitrogens with zero attached hydrogens (tertiary/aromatic N) is 1. The summed E-state index contributed by atoms with van der Waals surface area (Å²) in [5.41, 5.74) is -0.683. The van der Waals surface area contributed by atoms with E-state index in [2.05, 4.69) is 0 Å². The van der Waals surface area contributed by atoms with E-state index in [0.29, 0.717) is 5.75 Å². The van der Waals surface area contributed by atoms with E-state index in [1.807, 2.05) is 0 Å². The third kappa shape index (κ3) is 3.82. The number of aliphatic hydroxyl groups is 2. The molecule has 0 amide bonds. The summed E-state index contributed by atoms with van der Waals surface area (Å²) in [4.78, 5) is 1.49. The van der Waals surface area contributed by atoms with Crippen molar-refractivity contribution in [2.45, 2.75) is 42.1 Å². The highest BCUT2D eigenvalue weighted by molar-refractivity contribution is 8.00. The molecule has 5 unspecified atom stereocenters. The molecule has 5 atom stereocenters. The summed E-state index contributed by atoms with van der Waals surface area (Å²) in [5, 5.41) is 20.0. The van der Waals surface area contributed by atoms with E-state index in [9.17, 15) is 23.4 Å². The summed E-state index contributed by atoms with van der Waals surface area (Å²) in [6.45, 7) is -1.01. The number of benzene rings is 1. The number of halogens is 3. The first-order chi connectivity index (χ1) is 12.4. The van der Waals surface area contributed by atoms with Crippen LogP contribution in [0.1, 0.15) is 12.0 Å². The molecule has 2 heterocycles. The van der Waals surface area contributed by atoms with Crippen LogP contribution in [-0.4, -0.2) is 71.1 Å². The number of thioether (sulfide) groups is 1. The van der Waals surface area contributed by atoms with Gasteiger partial charge in [0.05, 0.1) is 19.8 Å². The minimum atomic E-state index is -3.25. The van der Waals surface area contributed by atoms with E-state index < -0.39 is 48.7 Å². The maximum Gasteiger partial charge on any atom is 0.274 e. The normalized spacial score (nSPS) is 30.8. The Kier molecular flexibility index (Phi) is 6.03. The zero-order chi connectivity index (χ0) is 18.9. The highest BCUT2D eigenvalue weighted by Gasteiger charge is 2.50. The Hall–Kier alpha value is -1.00. The molecule has 2 aliphatic heterocycles. The summed E-state index contributed by atoms with van der Waals surface area (Å²) in [6.07, 6.45) is -3.00. The van der Waals surface area contributed by atoms with Gasteiger partial charge in [0.25, 0.3) is 5.92 Å². The van der Waals surface area contributed by atoms with Gasteiger partial charge in [0.15, 0.2) is 0 Å². The van der Waals surface area contributed by atoms with Crippen molar-refractivity contribution in [3.63, 3.8) is 0 Å². The van der Waals surface area contributed by atoms with Crippen molar-refractivity contribution in [1.29, 1.82) is 0 Å². The molecule has 0 spiro atoms. The van der Waals surface area contributed by atoms with Gasteiger partial charge in [-0.2, -0.15) is 0 Å². The SMILES string of the molecule is COc1ccc(C(F)(F)CC(CF)N2CSC3OCC(O)C(O)C32)cc1. The average Bonchev–Trinajstić information content (AvgIpc) is 3.07. The van der Waals surface area contributed by atoms with E-state index in [1.165, 1.54) is 48.0 Å². The lowest BCUT2D eigenvalue weighted by atomic mass is 9.96. The van der Waals surface area contributed by atoms with Gasteiger partial charge in [-0.05, 0) is 24.3 Å². The number of hydrogen-bond donors (Lipinski definition) is 2. The van der Waals surface area contributed by atoms with E-state index in [4.69, 9.17) is 9.47 Å². The number of hydrogen-bond acceptors (Lipinski definition) is 6. The van der Waals surface area contributed by atoms with Gasteiger partial charge in [0.1, 0.15) is 30.1 Å². The topological polar surface area (TPSA) is 62.2 Å². The zero-order valence-electron chi connectivity index (χ0n) is 14.2. The van der Waals surface area contributed by atoms with Gasteiger partial charge in [0.2, 0.25) is 0 Å². The fraction of sp³-hybridized carbons (Fsp3) is 0.647. The quantitative estimate of drug-likeness (QED) is 0.771. The fourth-order valence-electron chi connectivity index (χ4n) is 3.38. The summed E-state index contributed by atoms with van der Waals surface area (Å²) in [5.74, 6) is -2.53. The van der Waals surface area contributed by atoms with Crippen LogP contribution in [0.4, 0.5) is 13.2 Å². The Bertz CT molecular complexity index is 606. The summed E-state index contributed by atoms with van der Waals surface area (Å²) in [7, 11) is 1.44. The Labute approximate surface area is 154 Å². The van der Waals surface area contributed by atoms with Crippen molar-refractivity contribution >= 4 is 11.8 Å². The van der Waals surface area contributed by atoms with Gasteiger partial charge >= 0.3 is 0 Å². The van der Waals surface area contributed by atoms with Crippen LogP contribution < -0.4 is 4.74 Å². The number of ether oxygens (including phenoxy) is 2. The Morgan fingerprint density at radius 3 is 2.65 bits per heavy atom. The van der Waals surface area contributed by atoms with Gasteiger partial charge in [-0.1, -0.05) is 0 Å². The average molecular weight is 393 g/mol. The molecule has 1 aromatic carbocycles. The predicted octanol–water partition coefficient (Wildman–Crippen LogP) is 1.97. The van der Waals surface area contributed by atoms with Crippen molar-refractivity contribution in [3.05, 3.63) is 29.8 Å². The standard InChI is InChI=1S/C17H22F3NO4S/c1-24-12-4-2-10(3-5-12)17(19,20)6-11(7-18)21-9-26-16-14(21)15(23)13(22)8-25-16/h2-5,11,13-16,22-23H,6-9H2,1H3. The smallest absolute Gasteiger partial charge is 0.274 e. The first kappa shape index (κ1) is 19.8. The summed E-state index contributed by atoms with van der Waals surface area (Å²) in [6, 6.07) is 3.58. The molecule has 2 N–H and O–H groups in total. The molecule has 2 aliphatic rings. The van der Waals surface area contributed by atoms with Gasteiger partial charge in [-0.3, -0.25) is 4.90 Å². The molecule has 2 fully saturated rings. The molecule has 146 valence electrons. The maximum absolute atomic E-state index is 14.7. The minimum absolute atomic E-state index is 0.0223. The Morgan fingerprint density at radius 2 is 2.04 bits per heavy atom. The number of rotatable bonds is 6. The van der Waals surface area contributed by atoms with E-state index >= 15 is 0 Å². The van der Waals surface area contributed by atoms with Crippen molar-refractivity contribution in [2.24, 2.45) is 0 Å². The second-order valence-corrected chi connectivity index (χ2v) is 7.56. The predicted molar refractivity (Wildman–Crippen MR) is 91.1 cm³/mol. The highest BCUT2D eigenvalue weighted by atomic mass is 32.2. The molecule has 5 nitrogen and oxygen atoms in total. The number of aliphatic hydroxyl groups excluding tert-OH is 2. The molecule has 26 heavy (non-hydrogen) atoms. The monoisotopic (exact) mass is 393 g/mol. The third-order valence-corrected chi connectivity index (χ3v) is 6.07. The molecule has 0 saturated carbocycles. The second-order valence-electron chi connectivity index (χ2n) is 6.51. The Morgan fingerprint density at radius 1 is 1.35 bits per heavy atom. The maximum atomic E-state index is 14.7. The molecule has 0 bridgehead atoms. The molecule has 1 aromatic rings. The fourth-order valence-corrected chi connectivity index (χ4v) is 4.77. The van der Waals surface area contributed by atoms with Crippen LogP contribution in [0.3, 0.4) is 0 Å². The molecule has 3 rings (SSSR count). The first-order valence-corrected chi connectivity index (χ1v) is 9.35. The van der Waals surface area contributed by atoms with Crippen molar-refractivity contribution in [1.82, 2.24) is 4.90 Å². The van der Waals surface area contributed by atoms with Crippen LogP contribution >= 0.6 is 11.8 Å². The minimum Gasteiger partial charge on any atom is -0.497 e. The second kappa shape index (κ2) is 7.93. The molecule has 0 aliphatic carbocycles. The van der Waals surface area contributed by atoms with E-state index in [-0.39, 0.29) is 18.0 Å². The van der Waals surface area contributed by atoms with E-state index in [1.54, 1.807) is 0 Å². The van der Waals surface area contributed by atoms with Crippen LogP contribution in [0.2, 0.25) is 0 Å². The number of methoxy groups -OCH3 is 1. The molecule has 0 aromatic heterocycles. The van der Waals surface area contributed by atoms with Crippen molar-refractivity contribution < 1.29 is 32.9 Å². The van der Waals surface area contributed by atoms with Crippen LogP contribution in [0.5, 0.6) is 5.75 Å². The van der Waals surface area contributed by atoms with Gasteiger partial charge in [-0.25, -0.2) is 13.2 Å². The highest BCUT2D eigenvalue weighted by Crippen LogP contribution is 2.41. The molecule has 2 saturated heterocycles. The lowest BCUT2D eigenvalue weighted by molar-refractivity contribution is -0.146. The van der Waals surface area contributed by atoms with Crippen LogP contribution in [0, 0.1) is 0 Å². The summed E-state index contributed by atoms with van der Waals surface area (Å²) >= 11 is 1.32. The Balaban J connectivity index is 1.75. The van der Waals surface area contributed by atoms with Crippen molar-refractivity contribution in [2.75, 3.05) is 26.3 Å². The van der Waals surface area contributed by atoms with Crippen LogP contribution in [0.15, 0.2) is 24.3 Å². The van der Waals surface area contributed by atoms with E-state index in [0.717, 1.165) is 0 Å². The van der Waals surface area contributed by atoms with Crippen LogP contribution in [0.25, 0.3) is 0 Å². The number of alkyl halides is 3. The molecular weight excluding hydrogens is 371 g/mol. The largest absolute Gasteiger partial charge is 0.497 e. The van der Waals surface area contributed by atoms with Gasteiger partial charge < -0.3 is 19.7 Å². The van der Waals surface area contributed by atoms with Gasteiger partial charge in [-0.15, -0.1) is 11.8 Å². The molecule has 0 radical (unpaired) electrons. The third-order valence-electron chi connectivity index (χ3n) is 4.88. The van der Waals surface area contributed by atoms with Gasteiger partial charge in [0, 0.05) is 23.9 Å². The zero-order valence-corrected chi connectivity index (χ0v) is 15.0. The molecular formula is C17H22F3NO4S. The first-order valence-electron chi connectivity index (χ1n) is 8.31. The number of fused-ring (bicyclic) bond motifs is 1. The summed E-state index contributed by atoms with van der Waals surface area (Å²) < 4.78 is 53.5. The lowest BCUT2D eigenvalue weighted by Gasteiger charge is -2.40. The lowest BCUT2D eigenvalue weighted by Crippen LogP contribution is -2.58. The van der Waals surface area contributed by atoms with Crippen molar-refractivity contribution in [3.8, 4) is 5.75 Å². The molecule has 9 heteroatoms. The van der Waals surface area contributed by atoms with Crippen LogP contribution in [-0.2, 0) is 10.7 Å².